The first-order valence-electron chi connectivity index (χ1n) is 6.39. The molecule has 2 aromatic heterocycles. The topological polar surface area (TPSA) is 40.8 Å². The highest BCUT2D eigenvalue weighted by atomic mass is 19.1. The lowest BCUT2D eigenvalue weighted by Crippen LogP contribution is -2.05. The van der Waals surface area contributed by atoms with Crippen LogP contribution >= 0.6 is 0 Å². The van der Waals surface area contributed by atoms with Gasteiger partial charge in [-0.15, -0.1) is 0 Å². The van der Waals surface area contributed by atoms with Crippen molar-refractivity contribution in [2.45, 2.75) is 5.92 Å². The molecule has 3 aromatic rings. The van der Waals surface area contributed by atoms with E-state index in [4.69, 9.17) is 4.74 Å². The van der Waals surface area contributed by atoms with Crippen LogP contribution in [0.1, 0.15) is 22.9 Å². The first-order chi connectivity index (χ1) is 9.78. The third-order valence-electron chi connectivity index (χ3n) is 3.33. The molecule has 3 nitrogen and oxygen atoms in total. The molecule has 20 heavy (non-hydrogen) atoms. The summed E-state index contributed by atoms with van der Waals surface area (Å²) in [5.74, 6) is 0.134. The molecule has 0 aliphatic heterocycles. The van der Waals surface area contributed by atoms with Gasteiger partial charge < -0.3 is 14.7 Å². The molecule has 102 valence electrons. The molecule has 0 saturated carbocycles. The van der Waals surface area contributed by atoms with Crippen molar-refractivity contribution < 1.29 is 9.13 Å². The minimum Gasteiger partial charge on any atom is -0.497 e. The number of ether oxygens (including phenoxy) is 1. The number of aromatic nitrogens is 2. The van der Waals surface area contributed by atoms with Crippen LogP contribution in [0.15, 0.2) is 54.9 Å². The molecular weight excluding hydrogens is 255 g/mol. The molecule has 0 amide bonds. The normalized spacial score (nSPS) is 10.9. The molecule has 0 saturated heterocycles. The van der Waals surface area contributed by atoms with Crippen LogP contribution in [0.4, 0.5) is 4.39 Å². The Morgan fingerprint density at radius 3 is 2.15 bits per heavy atom. The maximum Gasteiger partial charge on any atom is 0.127 e. The zero-order valence-corrected chi connectivity index (χ0v) is 11.1. The van der Waals surface area contributed by atoms with Gasteiger partial charge in [-0.1, -0.05) is 0 Å². The Hall–Kier alpha value is -2.49. The first-order valence-corrected chi connectivity index (χ1v) is 6.39. The van der Waals surface area contributed by atoms with E-state index in [1.54, 1.807) is 0 Å². The second kappa shape index (κ2) is 5.25. The van der Waals surface area contributed by atoms with Crippen molar-refractivity contribution in [1.29, 1.82) is 0 Å². The number of hydrogen-bond acceptors (Lipinski definition) is 1. The van der Waals surface area contributed by atoms with E-state index in [1.807, 2.05) is 42.7 Å². The lowest BCUT2D eigenvalue weighted by Gasteiger charge is -2.16. The lowest BCUT2D eigenvalue weighted by atomic mass is 9.92. The van der Waals surface area contributed by atoms with E-state index in [1.165, 1.54) is 19.2 Å². The lowest BCUT2D eigenvalue weighted by molar-refractivity contribution is 0.410. The van der Waals surface area contributed by atoms with Gasteiger partial charge in [-0.25, -0.2) is 4.39 Å². The number of benzene rings is 1. The Labute approximate surface area is 116 Å². The maximum atomic E-state index is 13.8. The quantitative estimate of drug-likeness (QED) is 0.746. The molecule has 1 aromatic carbocycles. The monoisotopic (exact) mass is 270 g/mol. The molecule has 0 radical (unpaired) electrons. The van der Waals surface area contributed by atoms with Crippen LogP contribution in [0.3, 0.4) is 0 Å². The molecule has 2 heterocycles. The second-order valence-electron chi connectivity index (χ2n) is 4.61. The Morgan fingerprint density at radius 1 is 1.00 bits per heavy atom. The largest absolute Gasteiger partial charge is 0.497 e. The molecule has 0 fully saturated rings. The van der Waals surface area contributed by atoms with Crippen molar-refractivity contribution in [3.63, 3.8) is 0 Å². The van der Waals surface area contributed by atoms with E-state index in [9.17, 15) is 4.39 Å². The standard InChI is InChI=1S/C16H15FN2O/c1-20-13-9-11(8-12(17)10-13)16(14-4-2-6-18-14)15-5-3-7-19-15/h2-10,16,18-19H,1H3. The Balaban J connectivity index is 2.13. The van der Waals surface area contributed by atoms with Crippen LogP contribution in [0.5, 0.6) is 5.75 Å². The molecule has 2 N–H and O–H groups in total. The van der Waals surface area contributed by atoms with Gasteiger partial charge in [0.15, 0.2) is 0 Å². The molecule has 0 atom stereocenters. The predicted octanol–water partition coefficient (Wildman–Crippen LogP) is 3.67. The van der Waals surface area contributed by atoms with Crippen molar-refractivity contribution in [1.82, 2.24) is 9.97 Å². The minimum absolute atomic E-state index is 0.0791. The molecule has 0 unspecified atom stereocenters. The van der Waals surface area contributed by atoms with Gasteiger partial charge in [0, 0.05) is 29.8 Å². The molecule has 0 aliphatic rings. The average Bonchev–Trinajstić information content (AvgIpc) is 3.12. The summed E-state index contributed by atoms with van der Waals surface area (Å²) < 4.78 is 18.9. The Bertz CT molecular complexity index is 640. The average molecular weight is 270 g/mol. The van der Waals surface area contributed by atoms with Crippen molar-refractivity contribution in [3.05, 3.63) is 77.6 Å². The van der Waals surface area contributed by atoms with Crippen LogP contribution in [-0.2, 0) is 0 Å². The molecular formula is C16H15FN2O. The predicted molar refractivity (Wildman–Crippen MR) is 75.5 cm³/mol. The van der Waals surface area contributed by atoms with Crippen molar-refractivity contribution in [3.8, 4) is 5.75 Å². The molecule has 0 spiro atoms. The van der Waals surface area contributed by atoms with E-state index in [0.29, 0.717) is 5.75 Å². The summed E-state index contributed by atoms with van der Waals surface area (Å²) in [5.41, 5.74) is 2.84. The summed E-state index contributed by atoms with van der Waals surface area (Å²) in [4.78, 5) is 6.40. The van der Waals surface area contributed by atoms with Gasteiger partial charge in [0.25, 0.3) is 0 Å². The van der Waals surface area contributed by atoms with Crippen LogP contribution in [0.2, 0.25) is 0 Å². The fourth-order valence-electron chi connectivity index (χ4n) is 2.44. The van der Waals surface area contributed by atoms with Crippen molar-refractivity contribution in [2.75, 3.05) is 7.11 Å². The zero-order chi connectivity index (χ0) is 13.9. The Morgan fingerprint density at radius 2 is 1.65 bits per heavy atom. The van der Waals surface area contributed by atoms with Gasteiger partial charge in [0.1, 0.15) is 11.6 Å². The minimum atomic E-state index is -0.303. The molecule has 3 rings (SSSR count). The second-order valence-corrected chi connectivity index (χ2v) is 4.61. The summed E-state index contributed by atoms with van der Waals surface area (Å²) in [6.45, 7) is 0. The van der Waals surface area contributed by atoms with Gasteiger partial charge in [-0.3, -0.25) is 0 Å². The summed E-state index contributed by atoms with van der Waals surface area (Å²) in [7, 11) is 1.54. The van der Waals surface area contributed by atoms with Crippen LogP contribution in [-0.4, -0.2) is 17.1 Å². The van der Waals surface area contributed by atoms with Crippen LogP contribution < -0.4 is 4.74 Å². The van der Waals surface area contributed by atoms with E-state index in [0.717, 1.165) is 17.0 Å². The third kappa shape index (κ3) is 2.32. The molecule has 4 heteroatoms. The van der Waals surface area contributed by atoms with Gasteiger partial charge >= 0.3 is 0 Å². The van der Waals surface area contributed by atoms with Crippen molar-refractivity contribution in [2.24, 2.45) is 0 Å². The first kappa shape index (κ1) is 12.5. The van der Waals surface area contributed by atoms with E-state index in [-0.39, 0.29) is 11.7 Å². The summed E-state index contributed by atoms with van der Waals surface area (Å²) in [5, 5.41) is 0. The van der Waals surface area contributed by atoms with Crippen LogP contribution in [0, 0.1) is 5.82 Å². The van der Waals surface area contributed by atoms with Gasteiger partial charge in [0.05, 0.1) is 13.0 Å². The number of H-pyrrole nitrogens is 2. The number of rotatable bonds is 4. The maximum absolute atomic E-state index is 13.8. The SMILES string of the molecule is COc1cc(F)cc(C(c2ccc[nH]2)c2ccc[nH]2)c1. The Kier molecular flexibility index (Phi) is 3.29. The van der Waals surface area contributed by atoms with E-state index < -0.39 is 0 Å². The van der Waals surface area contributed by atoms with Gasteiger partial charge in [-0.05, 0) is 42.0 Å². The van der Waals surface area contributed by atoms with Gasteiger partial charge in [-0.2, -0.15) is 0 Å². The van der Waals surface area contributed by atoms with E-state index in [2.05, 4.69) is 9.97 Å². The van der Waals surface area contributed by atoms with Crippen molar-refractivity contribution >= 4 is 0 Å². The number of halogens is 1. The fourth-order valence-corrected chi connectivity index (χ4v) is 2.44. The fraction of sp³-hybridized carbons (Fsp3) is 0.125. The number of aromatic amines is 2. The number of nitrogens with one attached hydrogen (secondary N) is 2. The summed E-state index contributed by atoms with van der Waals surface area (Å²) in [6, 6.07) is 12.6. The molecule has 0 bridgehead atoms. The van der Waals surface area contributed by atoms with Gasteiger partial charge in [0.2, 0.25) is 0 Å². The van der Waals surface area contributed by atoms with Crippen LogP contribution in [0.25, 0.3) is 0 Å². The smallest absolute Gasteiger partial charge is 0.127 e. The van der Waals surface area contributed by atoms with E-state index >= 15 is 0 Å². The number of methoxy groups -OCH3 is 1. The highest BCUT2D eigenvalue weighted by Gasteiger charge is 2.19. The zero-order valence-electron chi connectivity index (χ0n) is 11.1. The number of hydrogen-bond donors (Lipinski definition) is 2. The highest BCUT2D eigenvalue weighted by Crippen LogP contribution is 2.32. The highest BCUT2D eigenvalue weighted by molar-refractivity contribution is 5.41. The third-order valence-corrected chi connectivity index (χ3v) is 3.33. The molecule has 0 aliphatic carbocycles. The summed E-state index contributed by atoms with van der Waals surface area (Å²) >= 11 is 0. The summed E-state index contributed by atoms with van der Waals surface area (Å²) in [6.07, 6.45) is 3.73.